The maximum Gasteiger partial charge on any atom is 0.243 e. The van der Waals surface area contributed by atoms with Gasteiger partial charge in [0, 0.05) is 24.6 Å². The average Bonchev–Trinajstić information content (AvgIpc) is 3.30. The van der Waals surface area contributed by atoms with Crippen LogP contribution in [0.15, 0.2) is 29.3 Å². The maximum absolute atomic E-state index is 13.0. The Kier molecular flexibility index (Phi) is 4.93. The smallest absolute Gasteiger partial charge is 0.243 e. The van der Waals surface area contributed by atoms with Crippen molar-refractivity contribution in [3.05, 3.63) is 47.6 Å². The minimum Gasteiger partial charge on any atom is -0.361 e. The van der Waals surface area contributed by atoms with Crippen molar-refractivity contribution in [1.29, 1.82) is 0 Å². The normalized spacial score (nSPS) is 17.1. The van der Waals surface area contributed by atoms with Gasteiger partial charge in [-0.2, -0.15) is 0 Å². The summed E-state index contributed by atoms with van der Waals surface area (Å²) in [4.78, 5) is 28.4. The number of aromatic nitrogens is 5. The Morgan fingerprint density at radius 2 is 2.11 bits per heavy atom. The fraction of sp³-hybridized carbons (Fsp3) is 0.450. The highest BCUT2D eigenvalue weighted by Gasteiger charge is 2.30. The zero-order chi connectivity index (χ0) is 19.7. The molecule has 1 fully saturated rings. The van der Waals surface area contributed by atoms with Gasteiger partial charge in [-0.15, -0.1) is 0 Å². The number of imidazole rings is 1. The van der Waals surface area contributed by atoms with E-state index in [4.69, 9.17) is 9.51 Å². The largest absolute Gasteiger partial charge is 0.361 e. The lowest BCUT2D eigenvalue weighted by Crippen LogP contribution is -2.40. The van der Waals surface area contributed by atoms with Gasteiger partial charge in [0.2, 0.25) is 5.91 Å². The van der Waals surface area contributed by atoms with Crippen LogP contribution >= 0.6 is 0 Å². The van der Waals surface area contributed by atoms with E-state index in [1.54, 1.807) is 23.3 Å². The summed E-state index contributed by atoms with van der Waals surface area (Å²) in [5, 5.41) is 4.02. The zero-order valence-electron chi connectivity index (χ0n) is 16.4. The van der Waals surface area contributed by atoms with E-state index in [1.165, 1.54) is 0 Å². The Labute approximate surface area is 163 Å². The van der Waals surface area contributed by atoms with Crippen LogP contribution in [0, 0.1) is 20.8 Å². The molecular formula is C20H24N6O2. The topological polar surface area (TPSA) is 89.9 Å². The van der Waals surface area contributed by atoms with E-state index in [9.17, 15) is 4.79 Å². The van der Waals surface area contributed by atoms with Crippen molar-refractivity contribution >= 4 is 5.91 Å². The molecule has 0 spiro atoms. The van der Waals surface area contributed by atoms with Gasteiger partial charge >= 0.3 is 0 Å². The number of aryl methyl sites for hydroxylation is 3. The summed E-state index contributed by atoms with van der Waals surface area (Å²) in [7, 11) is 0. The van der Waals surface area contributed by atoms with Gasteiger partial charge in [0.25, 0.3) is 0 Å². The Morgan fingerprint density at radius 3 is 2.82 bits per heavy atom. The molecule has 3 aromatic rings. The predicted octanol–water partition coefficient (Wildman–Crippen LogP) is 3.01. The number of carbonyl (C=O) groups is 1. The Hall–Kier alpha value is -3.03. The highest BCUT2D eigenvalue weighted by molar-refractivity contribution is 5.76. The highest BCUT2D eigenvalue weighted by atomic mass is 16.5. The fourth-order valence-corrected chi connectivity index (χ4v) is 3.84. The maximum atomic E-state index is 13.0. The predicted molar refractivity (Wildman–Crippen MR) is 102 cm³/mol. The molecule has 1 saturated heterocycles. The standard InChI is InChI=1S/C20H24N6O2/c1-13-10-16(23-20(22-13)19-14(2)24-28-15(19)3)17-6-4-5-8-26(17)18(27)11-25-9-7-21-12-25/h7,9-10,12,17H,4-6,8,11H2,1-3H3/t17-/m0/s1. The van der Waals surface area contributed by atoms with Gasteiger partial charge in [-0.3, -0.25) is 4.79 Å². The highest BCUT2D eigenvalue weighted by Crippen LogP contribution is 2.32. The van der Waals surface area contributed by atoms with E-state index in [-0.39, 0.29) is 18.5 Å². The van der Waals surface area contributed by atoms with E-state index in [2.05, 4.69) is 15.1 Å². The summed E-state index contributed by atoms with van der Waals surface area (Å²) in [6.07, 6.45) is 8.14. The molecule has 0 unspecified atom stereocenters. The molecule has 146 valence electrons. The van der Waals surface area contributed by atoms with E-state index < -0.39 is 0 Å². The molecule has 0 N–H and O–H groups in total. The lowest BCUT2D eigenvalue weighted by Gasteiger charge is -2.35. The average molecular weight is 380 g/mol. The first kappa shape index (κ1) is 18.3. The molecule has 4 heterocycles. The van der Waals surface area contributed by atoms with E-state index >= 15 is 0 Å². The fourth-order valence-electron chi connectivity index (χ4n) is 3.84. The molecule has 4 rings (SSSR count). The van der Waals surface area contributed by atoms with Crippen molar-refractivity contribution in [2.45, 2.75) is 52.6 Å². The van der Waals surface area contributed by atoms with Gasteiger partial charge in [-0.25, -0.2) is 15.0 Å². The van der Waals surface area contributed by atoms with Crippen molar-refractivity contribution in [1.82, 2.24) is 29.6 Å². The van der Waals surface area contributed by atoms with Crippen molar-refractivity contribution in [3.8, 4) is 11.4 Å². The molecule has 8 heteroatoms. The number of amides is 1. The SMILES string of the molecule is Cc1cc([C@@H]2CCCCN2C(=O)Cn2ccnc2)nc(-c2c(C)noc2C)n1. The molecule has 0 radical (unpaired) electrons. The number of hydrogen-bond acceptors (Lipinski definition) is 6. The molecular weight excluding hydrogens is 356 g/mol. The van der Waals surface area contributed by atoms with Gasteiger partial charge in [0.05, 0.1) is 29.3 Å². The monoisotopic (exact) mass is 380 g/mol. The molecule has 1 aliphatic heterocycles. The third-order valence-corrected chi connectivity index (χ3v) is 5.17. The summed E-state index contributed by atoms with van der Waals surface area (Å²) in [6.45, 7) is 6.73. The van der Waals surface area contributed by atoms with Crippen LogP contribution in [-0.4, -0.2) is 42.0 Å². The van der Waals surface area contributed by atoms with Crippen molar-refractivity contribution in [2.24, 2.45) is 0 Å². The molecule has 1 aliphatic rings. The number of rotatable bonds is 4. The van der Waals surface area contributed by atoms with Gasteiger partial charge in [0.15, 0.2) is 5.82 Å². The van der Waals surface area contributed by atoms with Crippen LogP contribution in [0.4, 0.5) is 0 Å². The van der Waals surface area contributed by atoms with Crippen molar-refractivity contribution in [3.63, 3.8) is 0 Å². The molecule has 8 nitrogen and oxygen atoms in total. The first-order valence-corrected chi connectivity index (χ1v) is 9.57. The molecule has 3 aromatic heterocycles. The van der Waals surface area contributed by atoms with Gasteiger partial charge in [0.1, 0.15) is 12.3 Å². The lowest BCUT2D eigenvalue weighted by molar-refractivity contribution is -0.135. The first-order valence-electron chi connectivity index (χ1n) is 9.57. The molecule has 0 bridgehead atoms. The van der Waals surface area contributed by atoms with Crippen LogP contribution in [0.5, 0.6) is 0 Å². The third-order valence-electron chi connectivity index (χ3n) is 5.17. The minimum atomic E-state index is -0.0503. The van der Waals surface area contributed by atoms with Crippen LogP contribution in [0.25, 0.3) is 11.4 Å². The molecule has 0 saturated carbocycles. The number of hydrogen-bond donors (Lipinski definition) is 0. The summed E-state index contributed by atoms with van der Waals surface area (Å²) in [6, 6.07) is 1.93. The van der Waals surface area contributed by atoms with Crippen molar-refractivity contribution < 1.29 is 9.32 Å². The Balaban J connectivity index is 1.67. The van der Waals surface area contributed by atoms with Gasteiger partial charge in [-0.05, 0) is 46.1 Å². The van der Waals surface area contributed by atoms with Crippen LogP contribution in [0.1, 0.15) is 48.1 Å². The Bertz CT molecular complexity index is 959. The van der Waals surface area contributed by atoms with Gasteiger partial charge < -0.3 is 14.0 Å². The van der Waals surface area contributed by atoms with Crippen molar-refractivity contribution in [2.75, 3.05) is 6.54 Å². The first-order chi connectivity index (χ1) is 13.5. The van der Waals surface area contributed by atoms with Crippen LogP contribution in [-0.2, 0) is 11.3 Å². The van der Waals surface area contributed by atoms with Crippen LogP contribution in [0.3, 0.4) is 0 Å². The molecule has 1 atom stereocenters. The Morgan fingerprint density at radius 1 is 1.25 bits per heavy atom. The molecule has 1 amide bonds. The van der Waals surface area contributed by atoms with E-state index in [1.807, 2.05) is 31.7 Å². The summed E-state index contributed by atoms with van der Waals surface area (Å²) >= 11 is 0. The van der Waals surface area contributed by atoms with Crippen LogP contribution in [0.2, 0.25) is 0 Å². The number of carbonyl (C=O) groups excluding carboxylic acids is 1. The molecule has 0 aliphatic carbocycles. The number of nitrogens with zero attached hydrogens (tertiary/aromatic N) is 6. The van der Waals surface area contributed by atoms with E-state index in [0.29, 0.717) is 11.6 Å². The second kappa shape index (κ2) is 7.53. The van der Waals surface area contributed by atoms with Gasteiger partial charge in [-0.1, -0.05) is 5.16 Å². The minimum absolute atomic E-state index is 0.0503. The van der Waals surface area contributed by atoms with Crippen LogP contribution < -0.4 is 0 Å². The quantitative estimate of drug-likeness (QED) is 0.691. The summed E-state index contributed by atoms with van der Waals surface area (Å²) < 4.78 is 7.09. The number of piperidine rings is 1. The lowest BCUT2D eigenvalue weighted by atomic mass is 9.98. The third kappa shape index (κ3) is 3.54. The molecule has 0 aromatic carbocycles. The van der Waals surface area contributed by atoms with E-state index in [0.717, 1.165) is 48.5 Å². The number of likely N-dealkylation sites (tertiary alicyclic amines) is 1. The zero-order valence-corrected chi connectivity index (χ0v) is 16.4. The molecule has 28 heavy (non-hydrogen) atoms. The summed E-state index contributed by atoms with van der Waals surface area (Å²) in [5.74, 6) is 1.39. The second-order valence-electron chi connectivity index (χ2n) is 7.29. The summed E-state index contributed by atoms with van der Waals surface area (Å²) in [5.41, 5.74) is 3.34. The second-order valence-corrected chi connectivity index (χ2v) is 7.29.